The van der Waals surface area contributed by atoms with Gasteiger partial charge < -0.3 is 19.0 Å². The first-order chi connectivity index (χ1) is 10.7. The minimum Gasteiger partial charge on any atom is -0.461 e. The lowest BCUT2D eigenvalue weighted by molar-refractivity contribution is -0.140. The van der Waals surface area contributed by atoms with Crippen LogP contribution < -0.4 is 0 Å². The predicted octanol–water partition coefficient (Wildman–Crippen LogP) is 2.67. The van der Waals surface area contributed by atoms with Gasteiger partial charge in [0.2, 0.25) is 0 Å². The Morgan fingerprint density at radius 3 is 2.27 bits per heavy atom. The Morgan fingerprint density at radius 1 is 1.09 bits per heavy atom. The topological polar surface area (TPSA) is 66.4 Å². The fraction of sp³-hybridized carbons (Fsp3) is 0.500. The highest BCUT2D eigenvalue weighted by molar-refractivity contribution is 6.43. The Hall–Kier alpha value is -1.92. The van der Waals surface area contributed by atoms with Crippen LogP contribution in [0.4, 0.5) is 0 Å². The summed E-state index contributed by atoms with van der Waals surface area (Å²) in [5, 5.41) is 3.81. The van der Waals surface area contributed by atoms with Crippen molar-refractivity contribution in [2.24, 2.45) is 5.16 Å². The zero-order valence-electron chi connectivity index (χ0n) is 13.5. The molecule has 0 aliphatic heterocycles. The van der Waals surface area contributed by atoms with Crippen molar-refractivity contribution in [2.75, 3.05) is 26.9 Å². The number of oxime groups is 1. The molecule has 0 fully saturated rings. The molecule has 0 atom stereocenters. The molecule has 0 N–H and O–H groups in total. The summed E-state index contributed by atoms with van der Waals surface area (Å²) in [4.78, 5) is 16.9. The summed E-state index contributed by atoms with van der Waals surface area (Å²) in [6.07, 6.45) is -0.581. The normalized spacial score (nSPS) is 11.6. The highest BCUT2D eigenvalue weighted by Crippen LogP contribution is 2.24. The van der Waals surface area contributed by atoms with Crippen LogP contribution in [0.3, 0.4) is 0 Å². The van der Waals surface area contributed by atoms with Gasteiger partial charge in [-0.15, -0.1) is 0 Å². The lowest BCUT2D eigenvalue weighted by Gasteiger charge is -2.20. The van der Waals surface area contributed by atoms with Gasteiger partial charge in [0.1, 0.15) is 7.11 Å². The summed E-state index contributed by atoms with van der Waals surface area (Å²) in [6.45, 7) is 6.71. The van der Waals surface area contributed by atoms with E-state index in [1.807, 2.05) is 26.0 Å². The number of hydrogen-bond acceptors (Lipinski definition) is 6. The molecule has 1 rings (SSSR count). The van der Waals surface area contributed by atoms with Crippen molar-refractivity contribution in [3.05, 3.63) is 35.4 Å². The first-order valence-corrected chi connectivity index (χ1v) is 7.30. The van der Waals surface area contributed by atoms with E-state index in [2.05, 4.69) is 5.16 Å². The van der Waals surface area contributed by atoms with Gasteiger partial charge >= 0.3 is 5.97 Å². The highest BCUT2D eigenvalue weighted by atomic mass is 16.7. The lowest BCUT2D eigenvalue weighted by atomic mass is 10.0. The molecule has 1 aromatic carbocycles. The second-order valence-electron chi connectivity index (χ2n) is 4.17. The van der Waals surface area contributed by atoms with E-state index in [1.54, 1.807) is 19.1 Å². The zero-order chi connectivity index (χ0) is 16.4. The van der Waals surface area contributed by atoms with E-state index >= 15 is 0 Å². The van der Waals surface area contributed by atoms with Gasteiger partial charge in [-0.3, -0.25) is 0 Å². The minimum atomic E-state index is -0.581. The molecular weight excluding hydrogens is 286 g/mol. The van der Waals surface area contributed by atoms with Crippen molar-refractivity contribution >= 4 is 11.7 Å². The molecular formula is C16H23NO5. The molecule has 0 heterocycles. The third-order valence-electron chi connectivity index (χ3n) is 2.76. The van der Waals surface area contributed by atoms with Crippen molar-refractivity contribution in [2.45, 2.75) is 27.1 Å². The number of rotatable bonds is 9. The van der Waals surface area contributed by atoms with E-state index in [0.29, 0.717) is 24.3 Å². The van der Waals surface area contributed by atoms with Crippen molar-refractivity contribution in [3.8, 4) is 0 Å². The third kappa shape index (κ3) is 4.82. The Balaban J connectivity index is 3.26. The molecule has 1 aromatic rings. The molecule has 0 saturated heterocycles. The van der Waals surface area contributed by atoms with E-state index in [9.17, 15) is 4.79 Å². The highest BCUT2D eigenvalue weighted by Gasteiger charge is 2.24. The fourth-order valence-corrected chi connectivity index (χ4v) is 1.94. The monoisotopic (exact) mass is 309 g/mol. The van der Waals surface area contributed by atoms with Gasteiger partial charge in [-0.25, -0.2) is 4.79 Å². The van der Waals surface area contributed by atoms with Crippen LogP contribution >= 0.6 is 0 Å². The van der Waals surface area contributed by atoms with Gasteiger partial charge in [-0.2, -0.15) is 0 Å². The zero-order valence-corrected chi connectivity index (χ0v) is 13.5. The number of esters is 1. The Morgan fingerprint density at radius 2 is 1.73 bits per heavy atom. The maximum Gasteiger partial charge on any atom is 0.361 e. The summed E-state index contributed by atoms with van der Waals surface area (Å²) in [5.41, 5.74) is 1.36. The molecule has 6 nitrogen and oxygen atoms in total. The number of hydrogen-bond donors (Lipinski definition) is 0. The number of nitrogens with zero attached hydrogens (tertiary/aromatic N) is 1. The number of carbonyl (C=O) groups excluding carboxylic acids is 1. The van der Waals surface area contributed by atoms with Crippen LogP contribution in [-0.2, 0) is 23.8 Å². The van der Waals surface area contributed by atoms with Crippen LogP contribution in [0.1, 0.15) is 38.2 Å². The minimum absolute atomic E-state index is 0.0874. The summed E-state index contributed by atoms with van der Waals surface area (Å²) in [6, 6.07) is 7.24. The quantitative estimate of drug-likeness (QED) is 0.304. The first-order valence-electron chi connectivity index (χ1n) is 7.30. The smallest absolute Gasteiger partial charge is 0.361 e. The van der Waals surface area contributed by atoms with Crippen LogP contribution in [0.2, 0.25) is 0 Å². The van der Waals surface area contributed by atoms with Gasteiger partial charge in [0.15, 0.2) is 12.0 Å². The molecule has 0 radical (unpaired) electrons. The van der Waals surface area contributed by atoms with E-state index < -0.39 is 12.3 Å². The predicted molar refractivity (Wildman–Crippen MR) is 82.6 cm³/mol. The Bertz CT molecular complexity index is 495. The van der Waals surface area contributed by atoms with E-state index in [1.165, 1.54) is 7.11 Å². The van der Waals surface area contributed by atoms with Crippen molar-refractivity contribution in [1.29, 1.82) is 0 Å². The average Bonchev–Trinajstić information content (AvgIpc) is 2.52. The van der Waals surface area contributed by atoms with Gasteiger partial charge in [0, 0.05) is 24.3 Å². The fourth-order valence-electron chi connectivity index (χ4n) is 1.94. The van der Waals surface area contributed by atoms with Crippen molar-refractivity contribution in [3.63, 3.8) is 0 Å². The molecule has 0 aliphatic rings. The summed E-state index contributed by atoms with van der Waals surface area (Å²) in [5.74, 6) is -0.552. The Labute approximate surface area is 131 Å². The molecule has 0 aliphatic carbocycles. The van der Waals surface area contributed by atoms with Crippen molar-refractivity contribution < 1.29 is 23.8 Å². The Kier molecular flexibility index (Phi) is 8.17. The molecule has 0 unspecified atom stereocenters. The molecule has 22 heavy (non-hydrogen) atoms. The molecule has 0 spiro atoms. The third-order valence-corrected chi connectivity index (χ3v) is 2.76. The van der Waals surface area contributed by atoms with Crippen LogP contribution in [0.15, 0.2) is 29.4 Å². The van der Waals surface area contributed by atoms with E-state index in [4.69, 9.17) is 19.0 Å². The molecule has 122 valence electrons. The van der Waals surface area contributed by atoms with Crippen LogP contribution in [-0.4, -0.2) is 38.6 Å². The van der Waals surface area contributed by atoms with Crippen LogP contribution in [0.5, 0.6) is 0 Å². The molecule has 0 bridgehead atoms. The maximum absolute atomic E-state index is 12.1. The van der Waals surface area contributed by atoms with E-state index in [-0.39, 0.29) is 12.3 Å². The molecule has 6 heteroatoms. The van der Waals surface area contributed by atoms with Gasteiger partial charge in [-0.05, 0) is 20.8 Å². The average molecular weight is 309 g/mol. The van der Waals surface area contributed by atoms with Gasteiger partial charge in [0.25, 0.3) is 0 Å². The second-order valence-corrected chi connectivity index (χ2v) is 4.17. The molecule has 0 amide bonds. The molecule has 0 aromatic heterocycles. The summed E-state index contributed by atoms with van der Waals surface area (Å²) >= 11 is 0. The summed E-state index contributed by atoms with van der Waals surface area (Å²) in [7, 11) is 1.38. The van der Waals surface area contributed by atoms with Crippen molar-refractivity contribution in [1.82, 2.24) is 0 Å². The number of ether oxygens (including phenoxy) is 3. The lowest BCUT2D eigenvalue weighted by Crippen LogP contribution is -2.22. The maximum atomic E-state index is 12.1. The number of carbonyl (C=O) groups is 1. The standard InChI is InChI=1S/C16H23NO5/c1-5-20-15(18)14(17-19-4)12-10-8-9-11-13(12)16(21-6-2)22-7-3/h8-11,16H,5-7H2,1-4H3/b17-14+. The van der Waals surface area contributed by atoms with Crippen LogP contribution in [0.25, 0.3) is 0 Å². The number of benzene rings is 1. The first kappa shape index (κ1) is 18.1. The SMILES string of the molecule is CCOC(=O)/C(=N/OC)c1ccccc1C(OCC)OCC. The second kappa shape index (κ2) is 9.92. The molecule has 0 saturated carbocycles. The largest absolute Gasteiger partial charge is 0.461 e. The van der Waals surface area contributed by atoms with E-state index in [0.717, 1.165) is 0 Å². The van der Waals surface area contributed by atoms with Crippen LogP contribution in [0, 0.1) is 0 Å². The van der Waals surface area contributed by atoms with Gasteiger partial charge in [0.05, 0.1) is 6.61 Å². The summed E-state index contributed by atoms with van der Waals surface area (Å²) < 4.78 is 16.2. The van der Waals surface area contributed by atoms with Gasteiger partial charge in [-0.1, -0.05) is 29.4 Å².